The van der Waals surface area contributed by atoms with Gasteiger partial charge < -0.3 is 15.8 Å². The van der Waals surface area contributed by atoms with E-state index in [1.807, 2.05) is 0 Å². The highest BCUT2D eigenvalue weighted by molar-refractivity contribution is 6.05. The summed E-state index contributed by atoms with van der Waals surface area (Å²) in [6.07, 6.45) is 1.71. The van der Waals surface area contributed by atoms with Crippen LogP contribution in [0.2, 0.25) is 0 Å². The number of nitrogens with zero attached hydrogens (tertiary/aromatic N) is 2. The second kappa shape index (κ2) is 11.2. The Morgan fingerprint density at radius 3 is 2.66 bits per heavy atom. The number of carbonyl (C=O) groups is 2. The van der Waals surface area contributed by atoms with Gasteiger partial charge in [0.15, 0.2) is 11.6 Å². The molecule has 1 aliphatic carbocycles. The van der Waals surface area contributed by atoms with Crippen molar-refractivity contribution in [3.05, 3.63) is 65.0 Å². The Kier molecular flexibility index (Phi) is 7.69. The maximum atomic E-state index is 14.9. The van der Waals surface area contributed by atoms with E-state index >= 15 is 0 Å². The van der Waals surface area contributed by atoms with Crippen molar-refractivity contribution in [2.45, 2.75) is 50.7 Å². The van der Waals surface area contributed by atoms with Crippen LogP contribution in [0.3, 0.4) is 0 Å². The van der Waals surface area contributed by atoms with E-state index in [2.05, 4.69) is 32.4 Å². The Morgan fingerprint density at radius 1 is 1.22 bits per heavy atom. The molecule has 0 spiro atoms. The van der Waals surface area contributed by atoms with E-state index < -0.39 is 35.0 Å². The van der Waals surface area contributed by atoms with Gasteiger partial charge in [-0.3, -0.25) is 14.9 Å². The fourth-order valence-corrected chi connectivity index (χ4v) is 4.96. The number of anilines is 2. The highest BCUT2D eigenvalue weighted by Crippen LogP contribution is 2.41. The van der Waals surface area contributed by atoms with Gasteiger partial charge in [0.25, 0.3) is 5.91 Å². The molecule has 41 heavy (non-hydrogen) atoms. The molecule has 0 bridgehead atoms. The van der Waals surface area contributed by atoms with Crippen molar-refractivity contribution in [1.82, 2.24) is 15.3 Å². The molecule has 5 rings (SSSR count). The van der Waals surface area contributed by atoms with E-state index in [0.29, 0.717) is 11.5 Å². The fourth-order valence-electron chi connectivity index (χ4n) is 4.96. The monoisotopic (exact) mass is 563 g/mol. The highest BCUT2D eigenvalue weighted by Gasteiger charge is 2.46. The van der Waals surface area contributed by atoms with Crippen molar-refractivity contribution in [1.29, 1.82) is 0 Å². The summed E-state index contributed by atoms with van der Waals surface area (Å²) in [7, 11) is 0. The number of aromatic nitrogens is 2. The molecule has 2 fully saturated rings. The summed E-state index contributed by atoms with van der Waals surface area (Å²) >= 11 is 0. The number of nitrogens with one attached hydrogen (secondary N) is 2. The zero-order valence-electron chi connectivity index (χ0n) is 22.5. The van der Waals surface area contributed by atoms with Crippen molar-refractivity contribution in [2.75, 3.05) is 24.2 Å². The van der Waals surface area contributed by atoms with Crippen LogP contribution in [0.5, 0.6) is 5.75 Å². The summed E-state index contributed by atoms with van der Waals surface area (Å²) in [6, 6.07) is 6.79. The third-order valence-electron chi connectivity index (χ3n) is 7.36. The molecule has 1 aliphatic heterocycles. The maximum Gasteiger partial charge on any atom is 0.258 e. The molecule has 2 aliphatic rings. The Morgan fingerprint density at radius 2 is 2.00 bits per heavy atom. The van der Waals surface area contributed by atoms with E-state index in [1.165, 1.54) is 25.1 Å². The SMILES string of the molecule is CC#CC(=O)[C@@]1(COc2c(N)ncnc2-c2cc(F)cc(NC(=O)c3ccc(C4CC4)cc3F)c2C)C[C@@H](F)CN1. The lowest BCUT2D eigenvalue weighted by molar-refractivity contribution is -0.120. The average molecular weight is 564 g/mol. The first-order valence-electron chi connectivity index (χ1n) is 13.1. The Labute approximate surface area is 234 Å². The average Bonchev–Trinajstić information content (AvgIpc) is 3.71. The minimum Gasteiger partial charge on any atom is -0.485 e. The summed E-state index contributed by atoms with van der Waals surface area (Å²) in [5, 5.41) is 5.45. The zero-order chi connectivity index (χ0) is 29.3. The Balaban J connectivity index is 1.45. The molecule has 1 aromatic heterocycles. The van der Waals surface area contributed by atoms with Gasteiger partial charge in [-0.05, 0) is 73.9 Å². The number of hydrogen-bond acceptors (Lipinski definition) is 7. The Hall–Kier alpha value is -4.43. The second-order valence-corrected chi connectivity index (χ2v) is 10.3. The number of ether oxygens (including phenoxy) is 1. The van der Waals surface area contributed by atoms with Crippen molar-refractivity contribution in [3.63, 3.8) is 0 Å². The van der Waals surface area contributed by atoms with E-state index in [0.717, 1.165) is 30.8 Å². The van der Waals surface area contributed by atoms with Crippen LogP contribution < -0.4 is 21.1 Å². The summed E-state index contributed by atoms with van der Waals surface area (Å²) in [5.41, 5.74) is 6.13. The predicted molar refractivity (Wildman–Crippen MR) is 147 cm³/mol. The largest absolute Gasteiger partial charge is 0.485 e. The first-order chi connectivity index (χ1) is 19.6. The first-order valence-corrected chi connectivity index (χ1v) is 13.1. The summed E-state index contributed by atoms with van der Waals surface area (Å²) in [5.74, 6) is 2.48. The van der Waals surface area contributed by atoms with Crippen molar-refractivity contribution in [2.24, 2.45) is 0 Å². The molecule has 3 aromatic rings. The molecule has 1 saturated heterocycles. The molecular weight excluding hydrogens is 535 g/mol. The van der Waals surface area contributed by atoms with Gasteiger partial charge in [-0.2, -0.15) is 0 Å². The second-order valence-electron chi connectivity index (χ2n) is 10.3. The van der Waals surface area contributed by atoms with Gasteiger partial charge in [-0.15, -0.1) is 0 Å². The number of nitrogens with two attached hydrogens (primary N) is 1. The van der Waals surface area contributed by atoms with Crippen LogP contribution in [-0.2, 0) is 4.79 Å². The molecule has 212 valence electrons. The number of rotatable bonds is 8. The minimum absolute atomic E-state index is 0.0515. The van der Waals surface area contributed by atoms with Crippen LogP contribution in [0.25, 0.3) is 11.3 Å². The lowest BCUT2D eigenvalue weighted by Gasteiger charge is -2.26. The van der Waals surface area contributed by atoms with E-state index in [9.17, 15) is 22.8 Å². The molecule has 1 amide bonds. The van der Waals surface area contributed by atoms with Crippen molar-refractivity contribution < 1.29 is 27.5 Å². The summed E-state index contributed by atoms with van der Waals surface area (Å²) in [6.45, 7) is 2.73. The Bertz CT molecular complexity index is 1600. The normalized spacial score (nSPS) is 19.8. The lowest BCUT2D eigenvalue weighted by Crippen LogP contribution is -2.52. The number of benzene rings is 2. The van der Waals surface area contributed by atoms with Crippen LogP contribution in [0, 0.1) is 30.4 Å². The molecule has 0 unspecified atom stereocenters. The molecule has 2 heterocycles. The maximum absolute atomic E-state index is 14.9. The smallest absolute Gasteiger partial charge is 0.258 e. The van der Waals surface area contributed by atoms with Crippen LogP contribution in [0.15, 0.2) is 36.7 Å². The van der Waals surface area contributed by atoms with Gasteiger partial charge in [-0.25, -0.2) is 23.1 Å². The third kappa shape index (κ3) is 5.74. The zero-order valence-corrected chi connectivity index (χ0v) is 22.5. The number of amides is 1. The van der Waals surface area contributed by atoms with Crippen LogP contribution in [-0.4, -0.2) is 46.5 Å². The molecule has 2 aromatic carbocycles. The number of hydrogen-bond donors (Lipinski definition) is 3. The van der Waals surface area contributed by atoms with Gasteiger partial charge in [-0.1, -0.05) is 12.0 Å². The predicted octanol–water partition coefficient (Wildman–Crippen LogP) is 4.48. The van der Waals surface area contributed by atoms with Gasteiger partial charge in [0.2, 0.25) is 5.78 Å². The van der Waals surface area contributed by atoms with Crippen molar-refractivity contribution >= 4 is 23.2 Å². The number of halogens is 3. The van der Waals surface area contributed by atoms with Crippen LogP contribution in [0.1, 0.15) is 53.6 Å². The van der Waals surface area contributed by atoms with Gasteiger partial charge in [0, 0.05) is 24.2 Å². The van der Waals surface area contributed by atoms with Crippen LogP contribution >= 0.6 is 0 Å². The molecule has 0 radical (unpaired) electrons. The highest BCUT2D eigenvalue weighted by atomic mass is 19.1. The van der Waals surface area contributed by atoms with E-state index in [-0.39, 0.29) is 53.6 Å². The number of Topliss-reactive ketones (excluding diaryl/α,β-unsaturated/α-hetero) is 1. The van der Waals surface area contributed by atoms with Crippen molar-refractivity contribution in [3.8, 4) is 28.8 Å². The number of ketones is 1. The summed E-state index contributed by atoms with van der Waals surface area (Å²) < 4.78 is 49.7. The lowest BCUT2D eigenvalue weighted by atomic mass is 9.92. The molecular formula is C30H28F3N5O3. The van der Waals surface area contributed by atoms with E-state index in [4.69, 9.17) is 10.5 Å². The quantitative estimate of drug-likeness (QED) is 0.273. The van der Waals surface area contributed by atoms with Crippen LogP contribution in [0.4, 0.5) is 24.7 Å². The first kappa shape index (κ1) is 28.1. The summed E-state index contributed by atoms with van der Waals surface area (Å²) in [4.78, 5) is 33.9. The fraction of sp³-hybridized carbons (Fsp3) is 0.333. The number of carbonyl (C=O) groups excluding carboxylic acids is 2. The van der Waals surface area contributed by atoms with E-state index in [1.54, 1.807) is 13.0 Å². The number of nitrogen functional groups attached to an aromatic ring is 1. The van der Waals surface area contributed by atoms with Gasteiger partial charge >= 0.3 is 0 Å². The van der Waals surface area contributed by atoms with Gasteiger partial charge in [0.1, 0.15) is 42.0 Å². The molecule has 8 nitrogen and oxygen atoms in total. The molecule has 4 N–H and O–H groups in total. The number of alkyl halides is 1. The standard InChI is InChI=1S/C30H28F3N5O3/c1-3-4-25(39)30(12-20(32)13-37-30)14-41-27-26(35-15-36-28(27)34)22-10-19(31)11-24(16(22)2)38-29(40)21-8-7-18(9-23(21)33)17-5-6-17/h7-11,15,17,20,37H,5-6,12-14H2,1-2H3,(H,38,40)(H2,34,35,36)/t20-,30+/m1/s1. The minimum atomic E-state index is -1.42. The molecule has 2 atom stereocenters. The molecule has 11 heteroatoms. The topological polar surface area (TPSA) is 119 Å². The molecule has 1 saturated carbocycles. The third-order valence-corrected chi connectivity index (χ3v) is 7.36. The van der Waals surface area contributed by atoms with Gasteiger partial charge in [0.05, 0.1) is 5.56 Å².